The van der Waals surface area contributed by atoms with Crippen molar-refractivity contribution in [1.29, 1.82) is 0 Å². The molecule has 1 saturated heterocycles. The molecule has 0 aromatic heterocycles. The topological polar surface area (TPSA) is 87.2 Å². The minimum Gasteiger partial charge on any atom is -0.476 e. The number of hydrogen-bond acceptors (Lipinski definition) is 6. The van der Waals surface area contributed by atoms with Gasteiger partial charge in [0.15, 0.2) is 6.73 Å². The van der Waals surface area contributed by atoms with Crippen LogP contribution >= 0.6 is 11.6 Å². The van der Waals surface area contributed by atoms with E-state index in [0.717, 1.165) is 23.6 Å². The molecule has 1 fully saturated rings. The van der Waals surface area contributed by atoms with Crippen LogP contribution in [0.4, 0.5) is 8.78 Å². The van der Waals surface area contributed by atoms with Crippen LogP contribution in [0.25, 0.3) is 0 Å². The molecule has 44 heavy (non-hydrogen) atoms. The van der Waals surface area contributed by atoms with Crippen molar-refractivity contribution >= 4 is 35.1 Å². The van der Waals surface area contributed by atoms with Crippen LogP contribution in [0.3, 0.4) is 0 Å². The predicted molar refractivity (Wildman–Crippen MR) is 162 cm³/mol. The number of piperidine rings is 1. The summed E-state index contributed by atoms with van der Waals surface area (Å²) in [5.74, 6) is -5.48. The van der Waals surface area contributed by atoms with E-state index in [-0.39, 0.29) is 56.3 Å². The first-order chi connectivity index (χ1) is 20.8. The summed E-state index contributed by atoms with van der Waals surface area (Å²) in [5, 5.41) is 0.294. The monoisotopic (exact) mass is 629 g/mol. The molecule has 2 unspecified atom stereocenters. The molecule has 2 aliphatic rings. The van der Waals surface area contributed by atoms with Crippen molar-refractivity contribution in [2.75, 3.05) is 20.3 Å². The Morgan fingerprint density at radius 1 is 1.16 bits per heavy atom. The van der Waals surface area contributed by atoms with Gasteiger partial charge in [0, 0.05) is 35.5 Å². The van der Waals surface area contributed by atoms with Gasteiger partial charge >= 0.3 is 5.92 Å². The van der Waals surface area contributed by atoms with E-state index in [4.69, 9.17) is 16.3 Å². The highest BCUT2D eigenvalue weighted by atomic mass is 35.5. The molecule has 236 valence electrons. The summed E-state index contributed by atoms with van der Waals surface area (Å²) in [4.78, 5) is 56.5. The van der Waals surface area contributed by atoms with Crippen molar-refractivity contribution in [3.63, 3.8) is 0 Å². The van der Waals surface area contributed by atoms with Crippen LogP contribution in [0.5, 0.6) is 0 Å². The highest BCUT2D eigenvalue weighted by Crippen LogP contribution is 2.33. The Hall–Kier alpha value is -3.63. The number of halogens is 3. The van der Waals surface area contributed by atoms with E-state index in [0.29, 0.717) is 27.5 Å². The Morgan fingerprint density at radius 2 is 1.84 bits per heavy atom. The van der Waals surface area contributed by atoms with Crippen molar-refractivity contribution in [3.05, 3.63) is 82.1 Å². The third-order valence-electron chi connectivity index (χ3n) is 8.37. The van der Waals surface area contributed by atoms with Crippen LogP contribution in [0.1, 0.15) is 67.1 Å². The molecule has 8 nitrogen and oxygen atoms in total. The maximum absolute atomic E-state index is 14.7. The average Bonchev–Trinajstić information content (AvgIpc) is 3.30. The SMILES string of the molecule is C=C(OCN1C(=O)CCC(N2Cc3cc(CCC(=O)C(F)(F)c4ccc(Cl)cc4)ccc3C2=O)C1=O)C(C(C)C)N(C)CC. The van der Waals surface area contributed by atoms with E-state index in [9.17, 15) is 28.0 Å². The lowest BCUT2D eigenvalue weighted by atomic mass is 9.97. The number of amides is 3. The van der Waals surface area contributed by atoms with Gasteiger partial charge in [-0.15, -0.1) is 0 Å². The molecule has 2 aliphatic heterocycles. The lowest BCUT2D eigenvalue weighted by Crippen LogP contribution is -2.55. The van der Waals surface area contributed by atoms with Crippen molar-refractivity contribution in [1.82, 2.24) is 14.7 Å². The number of rotatable bonds is 13. The van der Waals surface area contributed by atoms with Crippen LogP contribution < -0.4 is 0 Å². The van der Waals surface area contributed by atoms with Gasteiger partial charge in [0.1, 0.15) is 11.8 Å². The molecular weight excluding hydrogens is 592 g/mol. The Kier molecular flexibility index (Phi) is 10.3. The number of ether oxygens (including phenoxy) is 1. The highest BCUT2D eigenvalue weighted by molar-refractivity contribution is 6.30. The molecule has 0 saturated carbocycles. The average molecular weight is 630 g/mol. The van der Waals surface area contributed by atoms with Crippen LogP contribution in [-0.2, 0) is 38.0 Å². The molecular formula is C33H38ClF2N3O5. The van der Waals surface area contributed by atoms with Gasteiger partial charge in [-0.3, -0.25) is 24.1 Å². The fourth-order valence-corrected chi connectivity index (χ4v) is 5.97. The van der Waals surface area contributed by atoms with Crippen LogP contribution in [0.15, 0.2) is 54.8 Å². The summed E-state index contributed by atoms with van der Waals surface area (Å²) in [7, 11) is 1.95. The maximum Gasteiger partial charge on any atom is 0.330 e. The molecule has 4 rings (SSSR count). The first-order valence-corrected chi connectivity index (χ1v) is 15.1. The fourth-order valence-electron chi connectivity index (χ4n) is 5.84. The molecule has 0 spiro atoms. The summed E-state index contributed by atoms with van der Waals surface area (Å²) in [6.45, 7) is 10.7. The second kappa shape index (κ2) is 13.6. The van der Waals surface area contributed by atoms with Crippen molar-refractivity contribution in [3.8, 4) is 0 Å². The zero-order chi connectivity index (χ0) is 32.3. The van der Waals surface area contributed by atoms with Gasteiger partial charge in [0.2, 0.25) is 11.7 Å². The lowest BCUT2D eigenvalue weighted by molar-refractivity contribution is -0.157. The van der Waals surface area contributed by atoms with E-state index >= 15 is 0 Å². The zero-order valence-electron chi connectivity index (χ0n) is 25.4. The number of carbonyl (C=O) groups is 4. The minimum atomic E-state index is -3.66. The third-order valence-corrected chi connectivity index (χ3v) is 8.63. The second-order valence-electron chi connectivity index (χ2n) is 11.6. The Morgan fingerprint density at radius 3 is 2.48 bits per heavy atom. The molecule has 0 radical (unpaired) electrons. The van der Waals surface area contributed by atoms with Crippen LogP contribution in [-0.4, -0.2) is 70.6 Å². The molecule has 0 bridgehead atoms. The summed E-state index contributed by atoms with van der Waals surface area (Å²) in [6, 6.07) is 8.86. The summed E-state index contributed by atoms with van der Waals surface area (Å²) in [6.07, 6.45) is -0.0889. The molecule has 11 heteroatoms. The maximum atomic E-state index is 14.7. The molecule has 0 aliphatic carbocycles. The van der Waals surface area contributed by atoms with Gasteiger partial charge in [-0.2, -0.15) is 8.78 Å². The van der Waals surface area contributed by atoms with Crippen molar-refractivity contribution < 1.29 is 32.7 Å². The Labute approximate surface area is 261 Å². The molecule has 2 heterocycles. The van der Waals surface area contributed by atoms with E-state index < -0.39 is 35.6 Å². The molecule has 2 aromatic carbocycles. The summed E-state index contributed by atoms with van der Waals surface area (Å²) >= 11 is 5.78. The Bertz CT molecular complexity index is 1450. The molecule has 2 atom stereocenters. The number of ketones is 1. The number of nitrogens with zero attached hydrogens (tertiary/aromatic N) is 3. The molecule has 3 amide bonds. The zero-order valence-corrected chi connectivity index (χ0v) is 26.2. The number of carbonyl (C=O) groups excluding carboxylic acids is 4. The standard InChI is InChI=1S/C33H38ClF2N3O5/c1-6-37(5)30(20(2)3)21(4)44-19-39-29(41)16-14-27(32(39)43)38-18-23-17-22(7-13-26(23)31(38)42)8-15-28(40)33(35,36)24-9-11-25(34)12-10-24/h7,9-13,17,20,27,30H,4,6,8,14-16,18-19H2,1-3,5H3. The quantitative estimate of drug-likeness (QED) is 0.213. The smallest absolute Gasteiger partial charge is 0.330 e. The predicted octanol–water partition coefficient (Wildman–Crippen LogP) is 5.57. The first kappa shape index (κ1) is 33.3. The van der Waals surface area contributed by atoms with Crippen LogP contribution in [0.2, 0.25) is 5.02 Å². The Balaban J connectivity index is 1.40. The number of benzene rings is 2. The van der Waals surface area contributed by atoms with Crippen molar-refractivity contribution in [2.24, 2.45) is 5.92 Å². The van der Waals surface area contributed by atoms with Gasteiger partial charge in [0.05, 0.1) is 6.04 Å². The third kappa shape index (κ3) is 6.86. The molecule has 0 N–H and O–H groups in total. The number of hydrogen-bond donors (Lipinski definition) is 0. The van der Waals surface area contributed by atoms with E-state index in [1.807, 2.05) is 27.8 Å². The number of likely N-dealkylation sites (N-methyl/N-ethyl adjacent to an activating group) is 1. The summed E-state index contributed by atoms with van der Waals surface area (Å²) in [5.41, 5.74) is 1.23. The van der Waals surface area contributed by atoms with Gasteiger partial charge in [-0.25, -0.2) is 4.90 Å². The van der Waals surface area contributed by atoms with Crippen LogP contribution in [0, 0.1) is 5.92 Å². The van der Waals surface area contributed by atoms with Gasteiger partial charge in [-0.1, -0.05) is 63.2 Å². The second-order valence-corrected chi connectivity index (χ2v) is 12.1. The largest absolute Gasteiger partial charge is 0.476 e. The van der Waals surface area contributed by atoms with E-state index in [2.05, 4.69) is 11.5 Å². The van der Waals surface area contributed by atoms with E-state index in [1.54, 1.807) is 18.2 Å². The number of fused-ring (bicyclic) bond motifs is 1. The molecule has 2 aromatic rings. The minimum absolute atomic E-state index is 0.0555. The van der Waals surface area contributed by atoms with Crippen molar-refractivity contribution in [2.45, 2.75) is 71.0 Å². The summed E-state index contributed by atoms with van der Waals surface area (Å²) < 4.78 is 35.3. The van der Waals surface area contributed by atoms with E-state index in [1.165, 1.54) is 17.0 Å². The number of likely N-dealkylation sites (tertiary alicyclic amines) is 1. The van der Waals surface area contributed by atoms with Gasteiger partial charge in [-0.05, 0) is 61.7 Å². The van der Waals surface area contributed by atoms with Gasteiger partial charge in [0.25, 0.3) is 11.8 Å². The number of aryl methyl sites for hydroxylation is 1. The first-order valence-electron chi connectivity index (χ1n) is 14.7. The normalized spacial score (nSPS) is 17.8. The van der Waals surface area contributed by atoms with Gasteiger partial charge < -0.3 is 9.64 Å². The number of Topliss-reactive ketones (excluding diaryl/α,β-unsaturated/α-hetero) is 1. The lowest BCUT2D eigenvalue weighted by Gasteiger charge is -2.36. The number of alkyl halides is 2. The number of imide groups is 1. The fraction of sp³-hybridized carbons (Fsp3) is 0.455. The highest BCUT2D eigenvalue weighted by Gasteiger charge is 2.43.